The van der Waals surface area contributed by atoms with Crippen LogP contribution in [0.4, 0.5) is 0 Å². The van der Waals surface area contributed by atoms with Gasteiger partial charge in [0.2, 0.25) is 5.91 Å². The molecule has 5 nitrogen and oxygen atoms in total. The third-order valence-corrected chi connectivity index (χ3v) is 2.75. The number of hydrogen-bond acceptors (Lipinski definition) is 4. The fourth-order valence-corrected chi connectivity index (χ4v) is 1.76. The number of hydrogen-bond donors (Lipinski definition) is 2. The Morgan fingerprint density at radius 3 is 2.75 bits per heavy atom. The molecule has 0 aliphatic carbocycles. The Bertz CT molecular complexity index is 251. The van der Waals surface area contributed by atoms with Gasteiger partial charge in [0.25, 0.3) is 0 Å². The van der Waals surface area contributed by atoms with E-state index in [-0.39, 0.29) is 12.0 Å². The van der Waals surface area contributed by atoms with Crippen LogP contribution >= 0.6 is 0 Å². The highest BCUT2D eigenvalue weighted by Crippen LogP contribution is 2.25. The van der Waals surface area contributed by atoms with Crippen molar-refractivity contribution >= 4 is 13.8 Å². The summed E-state index contributed by atoms with van der Waals surface area (Å²) in [5.41, 5.74) is 0. The molecule has 6 heteroatoms. The molecular weight excluding hydrogens is 209 g/mol. The van der Waals surface area contributed by atoms with E-state index in [0.29, 0.717) is 6.42 Å². The molecule has 1 heterocycles. The molecule has 0 saturated carbocycles. The average molecular weight is 227 g/mol. The number of ether oxygens (including phenoxy) is 2. The third-order valence-electron chi connectivity index (χ3n) is 2.75. The summed E-state index contributed by atoms with van der Waals surface area (Å²) >= 11 is 0. The predicted octanol–water partition coefficient (Wildman–Crippen LogP) is -0.830. The number of aliphatic hydroxyl groups is 1. The lowest BCUT2D eigenvalue weighted by Gasteiger charge is -2.22. The van der Waals surface area contributed by atoms with Crippen molar-refractivity contribution in [2.45, 2.75) is 50.7 Å². The number of amides is 1. The number of carbonyl (C=O) groups excluding carboxylic acids is 1. The highest BCUT2D eigenvalue weighted by Gasteiger charge is 2.41. The lowest BCUT2D eigenvalue weighted by molar-refractivity contribution is -0.138. The molecule has 1 aliphatic heterocycles. The molecule has 0 spiro atoms. The van der Waals surface area contributed by atoms with Gasteiger partial charge in [-0.2, -0.15) is 0 Å². The monoisotopic (exact) mass is 227 g/mol. The van der Waals surface area contributed by atoms with Crippen molar-refractivity contribution in [3.8, 4) is 0 Å². The van der Waals surface area contributed by atoms with E-state index in [1.807, 2.05) is 6.92 Å². The summed E-state index contributed by atoms with van der Waals surface area (Å²) < 4.78 is 10.7. The first kappa shape index (κ1) is 13.5. The molecule has 1 rings (SSSR count). The first-order valence-electron chi connectivity index (χ1n) is 5.47. The number of nitrogens with one attached hydrogen (secondary N) is 1. The van der Waals surface area contributed by atoms with E-state index < -0.39 is 24.3 Å². The Morgan fingerprint density at radius 1 is 1.69 bits per heavy atom. The molecule has 0 bridgehead atoms. The summed E-state index contributed by atoms with van der Waals surface area (Å²) in [5.74, 6) is -0.251. The van der Waals surface area contributed by atoms with Gasteiger partial charge in [-0.15, -0.1) is 0 Å². The normalized spacial score (nSPS) is 36.0. The first-order chi connectivity index (χ1) is 7.51. The van der Waals surface area contributed by atoms with E-state index in [2.05, 4.69) is 5.32 Å². The smallest absolute Gasteiger partial charge is 0.248 e. The van der Waals surface area contributed by atoms with Crippen molar-refractivity contribution in [1.82, 2.24) is 5.32 Å². The van der Waals surface area contributed by atoms with Crippen molar-refractivity contribution in [2.24, 2.45) is 0 Å². The van der Waals surface area contributed by atoms with Crippen LogP contribution < -0.4 is 5.32 Å². The van der Waals surface area contributed by atoms with Crippen LogP contribution in [0, 0.1) is 0 Å². The Hall–Kier alpha value is -0.585. The van der Waals surface area contributed by atoms with Gasteiger partial charge in [0.1, 0.15) is 26.2 Å². The van der Waals surface area contributed by atoms with Crippen LogP contribution in [0.15, 0.2) is 0 Å². The fourth-order valence-electron chi connectivity index (χ4n) is 1.76. The van der Waals surface area contributed by atoms with Gasteiger partial charge in [0.05, 0.1) is 6.10 Å². The van der Waals surface area contributed by atoms with E-state index in [4.69, 9.17) is 17.3 Å². The number of carbonyl (C=O) groups is 1. The summed E-state index contributed by atoms with van der Waals surface area (Å²) in [6.45, 7) is 3.50. The second-order valence-corrected chi connectivity index (χ2v) is 3.90. The minimum absolute atomic E-state index is 0.251. The van der Waals surface area contributed by atoms with Crippen LogP contribution in [0.25, 0.3) is 0 Å². The van der Waals surface area contributed by atoms with Gasteiger partial charge in [0, 0.05) is 13.1 Å². The zero-order chi connectivity index (χ0) is 12.3. The molecule has 0 aromatic rings. The Labute approximate surface area is 96.9 Å². The molecule has 1 unspecified atom stereocenters. The van der Waals surface area contributed by atoms with Crippen LogP contribution in [0.3, 0.4) is 0 Å². The molecule has 1 saturated heterocycles. The van der Waals surface area contributed by atoms with Gasteiger partial charge >= 0.3 is 0 Å². The largest absolute Gasteiger partial charge is 0.388 e. The molecule has 90 valence electrons. The Balaban J connectivity index is 2.57. The number of rotatable bonds is 4. The van der Waals surface area contributed by atoms with Crippen LogP contribution in [0.1, 0.15) is 20.3 Å². The highest BCUT2D eigenvalue weighted by molar-refractivity contribution is 6.11. The van der Waals surface area contributed by atoms with Gasteiger partial charge < -0.3 is 19.9 Å². The van der Waals surface area contributed by atoms with Gasteiger partial charge in [-0.1, -0.05) is 6.92 Å². The maximum atomic E-state index is 11.3. The molecule has 2 radical (unpaired) electrons. The standard InChI is InChI=1S/C10H18BNO4/c1-4-6-7(13)8(9(11)16-6)15-5(2)10(14)12-3/h5-9,13H,4H2,1-3H3,(H,12,14)/t5-,6-,7+,8?,9-/m1/s1. The minimum atomic E-state index is -0.785. The highest BCUT2D eigenvalue weighted by atomic mass is 16.6. The molecular formula is C10H18BNO4. The molecule has 1 aliphatic rings. The minimum Gasteiger partial charge on any atom is -0.388 e. The zero-order valence-electron chi connectivity index (χ0n) is 9.84. The van der Waals surface area contributed by atoms with Crippen molar-refractivity contribution in [3.05, 3.63) is 0 Å². The van der Waals surface area contributed by atoms with Crippen LogP contribution in [0.2, 0.25) is 0 Å². The molecule has 16 heavy (non-hydrogen) atoms. The van der Waals surface area contributed by atoms with Crippen molar-refractivity contribution in [2.75, 3.05) is 7.05 Å². The SMILES string of the molecule is [B][C@@H]1O[C@H](CC)[C@H](O)C1O[C@H](C)C(=O)NC. The summed E-state index contributed by atoms with van der Waals surface area (Å²) in [6, 6.07) is -0.688. The maximum absolute atomic E-state index is 11.3. The molecule has 2 N–H and O–H groups in total. The Kier molecular flexibility index (Phi) is 4.77. The van der Waals surface area contributed by atoms with Crippen LogP contribution in [0.5, 0.6) is 0 Å². The van der Waals surface area contributed by atoms with Crippen LogP contribution in [-0.4, -0.2) is 56.3 Å². The average Bonchev–Trinajstić information content (AvgIpc) is 2.55. The lowest BCUT2D eigenvalue weighted by atomic mass is 9.92. The third kappa shape index (κ3) is 2.75. The summed E-state index contributed by atoms with van der Waals surface area (Å²) in [5, 5.41) is 12.3. The van der Waals surface area contributed by atoms with Crippen molar-refractivity contribution in [1.29, 1.82) is 0 Å². The summed E-state index contributed by atoms with van der Waals surface area (Å²) in [7, 11) is 7.21. The summed E-state index contributed by atoms with van der Waals surface area (Å²) in [4.78, 5) is 11.3. The molecule has 1 amide bonds. The zero-order valence-corrected chi connectivity index (χ0v) is 9.84. The quantitative estimate of drug-likeness (QED) is 0.615. The molecule has 0 aromatic carbocycles. The molecule has 1 fully saturated rings. The van der Waals surface area contributed by atoms with E-state index in [1.165, 1.54) is 7.05 Å². The van der Waals surface area contributed by atoms with E-state index in [1.54, 1.807) is 6.92 Å². The van der Waals surface area contributed by atoms with Gasteiger partial charge in [-0.25, -0.2) is 0 Å². The number of likely N-dealkylation sites (N-methyl/N-ethyl adjacent to an activating group) is 1. The lowest BCUT2D eigenvalue weighted by Crippen LogP contribution is -2.42. The first-order valence-corrected chi connectivity index (χ1v) is 5.47. The van der Waals surface area contributed by atoms with E-state index in [9.17, 15) is 9.90 Å². The van der Waals surface area contributed by atoms with Gasteiger partial charge in [-0.05, 0) is 13.3 Å². The van der Waals surface area contributed by atoms with Gasteiger partial charge in [0.15, 0.2) is 0 Å². The van der Waals surface area contributed by atoms with Crippen molar-refractivity contribution < 1.29 is 19.4 Å². The predicted molar refractivity (Wildman–Crippen MR) is 59.1 cm³/mol. The van der Waals surface area contributed by atoms with Crippen LogP contribution in [-0.2, 0) is 14.3 Å². The molecule has 0 aromatic heterocycles. The molecule has 5 atom stereocenters. The maximum Gasteiger partial charge on any atom is 0.248 e. The second-order valence-electron chi connectivity index (χ2n) is 3.90. The second kappa shape index (κ2) is 5.66. The van der Waals surface area contributed by atoms with E-state index in [0.717, 1.165) is 0 Å². The van der Waals surface area contributed by atoms with E-state index >= 15 is 0 Å². The summed E-state index contributed by atoms with van der Waals surface area (Å²) in [6.07, 6.45) is -1.76. The topological polar surface area (TPSA) is 67.8 Å². The Morgan fingerprint density at radius 2 is 2.31 bits per heavy atom. The number of aliphatic hydroxyl groups excluding tert-OH is 1. The van der Waals surface area contributed by atoms with Crippen molar-refractivity contribution in [3.63, 3.8) is 0 Å². The van der Waals surface area contributed by atoms with Gasteiger partial charge in [-0.3, -0.25) is 4.79 Å². The fraction of sp³-hybridized carbons (Fsp3) is 0.900.